The first-order chi connectivity index (χ1) is 18.5. The Balaban J connectivity index is 1.53. The van der Waals surface area contributed by atoms with E-state index in [4.69, 9.17) is 14.5 Å². The van der Waals surface area contributed by atoms with Gasteiger partial charge >= 0.3 is 5.97 Å². The number of thiazole rings is 1. The Morgan fingerprint density at radius 1 is 1.05 bits per heavy atom. The maximum Gasteiger partial charge on any atom is 0.308 e. The van der Waals surface area contributed by atoms with Crippen LogP contribution in [0.4, 0.5) is 0 Å². The molecule has 0 radical (unpaired) electrons. The van der Waals surface area contributed by atoms with Crippen molar-refractivity contribution >= 4 is 29.1 Å². The molecule has 0 amide bonds. The monoisotopic (exact) mass is 522 g/mol. The van der Waals surface area contributed by atoms with Crippen LogP contribution in [0.25, 0.3) is 11.8 Å². The van der Waals surface area contributed by atoms with Crippen LogP contribution in [0.2, 0.25) is 0 Å². The SMILES string of the molecule is CCOc1cc(/C=c2\sc3n(c2=O)[C@@H](c2ccccc2)C2=C(N=3)c3ccccc3CC2)ccc1OC(C)=O. The number of aryl methyl sites for hydroxylation is 1. The van der Waals surface area contributed by atoms with Crippen LogP contribution in [-0.2, 0) is 11.2 Å². The molecule has 6 rings (SSSR count). The molecule has 38 heavy (non-hydrogen) atoms. The molecule has 1 aromatic heterocycles. The van der Waals surface area contributed by atoms with Crippen LogP contribution in [0, 0.1) is 0 Å². The van der Waals surface area contributed by atoms with E-state index in [0.717, 1.165) is 35.2 Å². The molecule has 0 bridgehead atoms. The normalized spacial score (nSPS) is 16.3. The number of ether oxygens (including phenoxy) is 2. The van der Waals surface area contributed by atoms with Crippen LogP contribution < -0.4 is 24.4 Å². The lowest BCUT2D eigenvalue weighted by atomic mass is 9.83. The number of nitrogens with zero attached hydrogens (tertiary/aromatic N) is 2. The maximum absolute atomic E-state index is 13.9. The fourth-order valence-corrected chi connectivity index (χ4v) is 6.23. The van der Waals surface area contributed by atoms with Gasteiger partial charge in [-0.05, 0) is 60.2 Å². The standard InChI is InChI=1S/C31H26N2O4S/c1-3-36-26-17-20(13-16-25(26)37-19(2)34)18-27-30(35)33-29(22-10-5-4-6-11-22)24-15-14-21-9-7-8-12-23(21)28(24)32-31(33)38-27/h4-13,16-18,29H,3,14-15H2,1-2H3/b27-18-/t29-/m0/s1. The second-order valence-electron chi connectivity index (χ2n) is 9.26. The van der Waals surface area contributed by atoms with Crippen molar-refractivity contribution in [3.05, 3.63) is 120 Å². The summed E-state index contributed by atoms with van der Waals surface area (Å²) in [6.07, 6.45) is 3.63. The minimum atomic E-state index is -0.418. The lowest BCUT2D eigenvalue weighted by Crippen LogP contribution is -2.38. The van der Waals surface area contributed by atoms with Gasteiger partial charge in [-0.3, -0.25) is 14.2 Å². The summed E-state index contributed by atoms with van der Waals surface area (Å²) < 4.78 is 13.4. The summed E-state index contributed by atoms with van der Waals surface area (Å²) in [7, 11) is 0. The Hall–Kier alpha value is -4.23. The quantitative estimate of drug-likeness (QED) is 0.283. The molecule has 2 aliphatic rings. The zero-order valence-corrected chi connectivity index (χ0v) is 22.0. The number of carbonyl (C=O) groups excluding carboxylic acids is 1. The summed E-state index contributed by atoms with van der Waals surface area (Å²) in [6, 6.07) is 23.7. The summed E-state index contributed by atoms with van der Waals surface area (Å²) in [5, 5.41) is 0. The van der Waals surface area contributed by atoms with Gasteiger partial charge < -0.3 is 9.47 Å². The van der Waals surface area contributed by atoms with Gasteiger partial charge in [0.15, 0.2) is 16.3 Å². The molecule has 4 aromatic rings. The highest BCUT2D eigenvalue weighted by Gasteiger charge is 2.32. The third kappa shape index (κ3) is 4.29. The van der Waals surface area contributed by atoms with E-state index in [1.807, 2.05) is 47.9 Å². The fraction of sp³-hybridized carbons (Fsp3) is 0.194. The molecule has 1 atom stereocenters. The van der Waals surface area contributed by atoms with E-state index in [0.29, 0.717) is 27.4 Å². The van der Waals surface area contributed by atoms with Crippen molar-refractivity contribution in [3.8, 4) is 11.5 Å². The summed E-state index contributed by atoms with van der Waals surface area (Å²) in [5.74, 6) is 0.394. The summed E-state index contributed by atoms with van der Waals surface area (Å²) in [4.78, 5) is 31.1. The van der Waals surface area contributed by atoms with Crippen LogP contribution in [0.5, 0.6) is 11.5 Å². The Bertz CT molecular complexity index is 1770. The average Bonchev–Trinajstić information content (AvgIpc) is 3.23. The van der Waals surface area contributed by atoms with E-state index in [1.54, 1.807) is 12.1 Å². The molecule has 3 aromatic carbocycles. The van der Waals surface area contributed by atoms with Gasteiger partial charge in [0.25, 0.3) is 5.56 Å². The zero-order chi connectivity index (χ0) is 26.2. The van der Waals surface area contributed by atoms with Crippen LogP contribution >= 0.6 is 11.3 Å². The number of carbonyl (C=O) groups is 1. The summed E-state index contributed by atoms with van der Waals surface area (Å²) in [5.41, 5.74) is 6.38. The van der Waals surface area contributed by atoms with Gasteiger partial charge in [-0.15, -0.1) is 0 Å². The molecule has 2 heterocycles. The second kappa shape index (κ2) is 9.91. The van der Waals surface area contributed by atoms with E-state index >= 15 is 0 Å². The summed E-state index contributed by atoms with van der Waals surface area (Å²) in [6.45, 7) is 3.64. The number of esters is 1. The molecule has 7 heteroatoms. The molecule has 0 spiro atoms. The largest absolute Gasteiger partial charge is 0.490 e. The van der Waals surface area contributed by atoms with Crippen molar-refractivity contribution in [1.29, 1.82) is 0 Å². The Kier molecular flexibility index (Phi) is 6.29. The van der Waals surface area contributed by atoms with Crippen molar-refractivity contribution in [3.63, 3.8) is 0 Å². The van der Waals surface area contributed by atoms with E-state index in [-0.39, 0.29) is 11.6 Å². The molecular formula is C31H26N2O4S. The molecule has 0 fully saturated rings. The highest BCUT2D eigenvalue weighted by Crippen LogP contribution is 2.41. The molecule has 0 saturated heterocycles. The van der Waals surface area contributed by atoms with E-state index < -0.39 is 5.97 Å². The molecular weight excluding hydrogens is 496 g/mol. The van der Waals surface area contributed by atoms with Gasteiger partial charge in [0.2, 0.25) is 0 Å². The number of rotatable bonds is 5. The minimum absolute atomic E-state index is 0.0740. The maximum atomic E-state index is 13.9. The number of benzene rings is 3. The van der Waals surface area contributed by atoms with Crippen molar-refractivity contribution < 1.29 is 14.3 Å². The molecule has 0 saturated carbocycles. The highest BCUT2D eigenvalue weighted by molar-refractivity contribution is 7.07. The van der Waals surface area contributed by atoms with Crippen molar-refractivity contribution in [2.24, 2.45) is 4.99 Å². The molecule has 0 N–H and O–H groups in total. The number of hydrogen-bond donors (Lipinski definition) is 0. The van der Waals surface area contributed by atoms with Crippen molar-refractivity contribution in [2.75, 3.05) is 6.61 Å². The summed E-state index contributed by atoms with van der Waals surface area (Å²) >= 11 is 1.39. The van der Waals surface area contributed by atoms with Crippen LogP contribution in [0.1, 0.15) is 48.6 Å². The molecule has 6 nitrogen and oxygen atoms in total. The molecule has 0 unspecified atom stereocenters. The molecule has 1 aliphatic heterocycles. The third-order valence-corrected chi connectivity index (χ3v) is 7.79. The van der Waals surface area contributed by atoms with Gasteiger partial charge in [0.1, 0.15) is 0 Å². The van der Waals surface area contributed by atoms with Gasteiger partial charge in [0.05, 0.1) is 22.9 Å². The lowest BCUT2D eigenvalue weighted by Gasteiger charge is -2.30. The zero-order valence-electron chi connectivity index (χ0n) is 21.1. The predicted octanol–water partition coefficient (Wildman–Crippen LogP) is 4.64. The van der Waals surface area contributed by atoms with Crippen LogP contribution in [-0.4, -0.2) is 17.1 Å². The number of fused-ring (bicyclic) bond motifs is 3. The highest BCUT2D eigenvalue weighted by atomic mass is 32.1. The number of aromatic nitrogens is 1. The van der Waals surface area contributed by atoms with E-state index in [1.165, 1.54) is 29.4 Å². The Labute approximate surface area is 223 Å². The first kappa shape index (κ1) is 24.1. The first-order valence-corrected chi connectivity index (χ1v) is 13.5. The smallest absolute Gasteiger partial charge is 0.308 e. The van der Waals surface area contributed by atoms with Crippen molar-refractivity contribution in [2.45, 2.75) is 32.7 Å². The van der Waals surface area contributed by atoms with E-state index in [9.17, 15) is 9.59 Å². The van der Waals surface area contributed by atoms with Crippen molar-refractivity contribution in [1.82, 2.24) is 4.57 Å². The number of allylic oxidation sites excluding steroid dienone is 1. The Morgan fingerprint density at radius 2 is 1.84 bits per heavy atom. The first-order valence-electron chi connectivity index (χ1n) is 12.7. The third-order valence-electron chi connectivity index (χ3n) is 6.81. The van der Waals surface area contributed by atoms with Gasteiger partial charge in [-0.25, -0.2) is 4.99 Å². The second-order valence-corrected chi connectivity index (χ2v) is 10.3. The van der Waals surface area contributed by atoms with Gasteiger partial charge in [-0.1, -0.05) is 72.0 Å². The molecule has 190 valence electrons. The topological polar surface area (TPSA) is 69.9 Å². The van der Waals surface area contributed by atoms with Crippen LogP contribution in [0.3, 0.4) is 0 Å². The predicted molar refractivity (Wildman–Crippen MR) is 148 cm³/mol. The van der Waals surface area contributed by atoms with Gasteiger partial charge in [0, 0.05) is 12.5 Å². The van der Waals surface area contributed by atoms with Crippen LogP contribution in [0.15, 0.2) is 88.2 Å². The van der Waals surface area contributed by atoms with E-state index in [2.05, 4.69) is 30.3 Å². The number of hydrogen-bond acceptors (Lipinski definition) is 6. The molecule has 1 aliphatic carbocycles. The lowest BCUT2D eigenvalue weighted by molar-refractivity contribution is -0.132. The van der Waals surface area contributed by atoms with Gasteiger partial charge in [-0.2, -0.15) is 0 Å². The fourth-order valence-electron chi connectivity index (χ4n) is 5.23. The minimum Gasteiger partial charge on any atom is -0.490 e. The Morgan fingerprint density at radius 3 is 2.63 bits per heavy atom. The average molecular weight is 523 g/mol.